The highest BCUT2D eigenvalue weighted by atomic mass is 16.5. The van der Waals surface area contributed by atoms with E-state index in [-0.39, 0.29) is 23.6 Å². The van der Waals surface area contributed by atoms with E-state index in [9.17, 15) is 14.4 Å². The highest BCUT2D eigenvalue weighted by Gasteiger charge is 2.33. The van der Waals surface area contributed by atoms with Gasteiger partial charge in [0.15, 0.2) is 0 Å². The van der Waals surface area contributed by atoms with Crippen LogP contribution in [0.1, 0.15) is 23.2 Å². The number of anilines is 1. The molecule has 7 nitrogen and oxygen atoms in total. The molecule has 7 heteroatoms. The van der Waals surface area contributed by atoms with E-state index in [0.717, 1.165) is 4.90 Å². The van der Waals surface area contributed by atoms with E-state index in [1.54, 1.807) is 6.07 Å². The van der Waals surface area contributed by atoms with Gasteiger partial charge >= 0.3 is 0 Å². The molecule has 0 saturated carbocycles. The van der Waals surface area contributed by atoms with Gasteiger partial charge < -0.3 is 15.8 Å². The van der Waals surface area contributed by atoms with Crippen LogP contribution in [0.4, 0.5) is 5.69 Å². The number of nitrogens with two attached hydrogens (primary N) is 1. The smallest absolute Gasteiger partial charge is 0.254 e. The lowest BCUT2D eigenvalue weighted by Gasteiger charge is -2.28. The molecule has 0 aliphatic carbocycles. The number of hydrogen-bond donors (Lipinski definition) is 2. The summed E-state index contributed by atoms with van der Waals surface area (Å²) >= 11 is 0. The number of amides is 3. The second-order valence-corrected chi connectivity index (χ2v) is 4.81. The van der Waals surface area contributed by atoms with E-state index in [4.69, 9.17) is 10.5 Å². The maximum Gasteiger partial charge on any atom is 0.254 e. The zero-order chi connectivity index (χ0) is 15.6. The number of methoxy groups -OCH3 is 1. The Morgan fingerprint density at radius 3 is 2.76 bits per heavy atom. The van der Waals surface area contributed by atoms with Crippen molar-refractivity contribution in [2.45, 2.75) is 18.9 Å². The minimum atomic E-state index is -0.707. The third-order valence-electron chi connectivity index (χ3n) is 3.46. The number of ether oxygens (including phenoxy) is 1. The van der Waals surface area contributed by atoms with E-state index in [2.05, 4.69) is 5.32 Å². The summed E-state index contributed by atoms with van der Waals surface area (Å²) in [5.74, 6) is -0.555. The Kier molecular flexibility index (Phi) is 4.11. The number of carbonyl (C=O) groups excluding carboxylic acids is 3. The number of nitrogens with one attached hydrogen (secondary N) is 1. The Hall–Kier alpha value is -2.57. The minimum Gasteiger partial charge on any atom is -0.497 e. The van der Waals surface area contributed by atoms with Gasteiger partial charge in [-0.3, -0.25) is 19.3 Å². The fourth-order valence-corrected chi connectivity index (χ4v) is 2.16. The summed E-state index contributed by atoms with van der Waals surface area (Å²) in [5, 5.41) is 2.61. The summed E-state index contributed by atoms with van der Waals surface area (Å²) in [6, 6.07) is 3.98. The lowest BCUT2D eigenvalue weighted by Crippen LogP contribution is -2.52. The second kappa shape index (κ2) is 5.82. The van der Waals surface area contributed by atoms with Crippen LogP contribution in [-0.4, -0.2) is 42.8 Å². The number of carbonyl (C=O) groups is 3. The van der Waals surface area contributed by atoms with Gasteiger partial charge in [0.25, 0.3) is 11.8 Å². The molecule has 0 aromatic heterocycles. The molecule has 1 heterocycles. The Bertz CT molecular complexity index is 600. The van der Waals surface area contributed by atoms with Gasteiger partial charge in [-0.1, -0.05) is 0 Å². The van der Waals surface area contributed by atoms with E-state index in [0.29, 0.717) is 12.2 Å². The SMILES string of the molecule is COc1ccc(C(=O)NC2CCC(=O)N(C)C2=O)c(N)c1. The molecule has 1 aromatic rings. The molecule has 0 radical (unpaired) electrons. The normalized spacial score (nSPS) is 18.6. The van der Waals surface area contributed by atoms with Crippen molar-refractivity contribution in [2.75, 3.05) is 19.9 Å². The van der Waals surface area contributed by atoms with E-state index < -0.39 is 17.9 Å². The van der Waals surface area contributed by atoms with Gasteiger partial charge in [-0.2, -0.15) is 0 Å². The van der Waals surface area contributed by atoms with E-state index in [1.165, 1.54) is 26.3 Å². The van der Waals surface area contributed by atoms with Crippen molar-refractivity contribution in [2.24, 2.45) is 0 Å². The number of rotatable bonds is 3. The van der Waals surface area contributed by atoms with Crippen molar-refractivity contribution in [3.8, 4) is 5.75 Å². The summed E-state index contributed by atoms with van der Waals surface area (Å²) in [7, 11) is 2.91. The molecule has 1 aliphatic heterocycles. The Morgan fingerprint density at radius 2 is 2.14 bits per heavy atom. The first-order valence-corrected chi connectivity index (χ1v) is 6.49. The molecule has 1 unspecified atom stereocenters. The number of likely N-dealkylation sites (N-methyl/N-ethyl adjacent to an activating group) is 1. The third kappa shape index (κ3) is 2.96. The van der Waals surface area contributed by atoms with Crippen LogP contribution < -0.4 is 15.8 Å². The molecule has 1 fully saturated rings. The van der Waals surface area contributed by atoms with E-state index in [1.807, 2.05) is 0 Å². The lowest BCUT2D eigenvalue weighted by molar-refractivity contribution is -0.147. The summed E-state index contributed by atoms with van der Waals surface area (Å²) in [6.07, 6.45) is 0.523. The highest BCUT2D eigenvalue weighted by Crippen LogP contribution is 2.20. The quantitative estimate of drug-likeness (QED) is 0.610. The van der Waals surface area contributed by atoms with E-state index >= 15 is 0 Å². The number of nitrogens with zero attached hydrogens (tertiary/aromatic N) is 1. The molecule has 3 amide bonds. The topological polar surface area (TPSA) is 102 Å². The molecule has 3 N–H and O–H groups in total. The van der Waals surface area contributed by atoms with Gasteiger partial charge in [0.05, 0.1) is 12.7 Å². The fourth-order valence-electron chi connectivity index (χ4n) is 2.16. The van der Waals surface area contributed by atoms with Crippen molar-refractivity contribution >= 4 is 23.4 Å². The number of piperidine rings is 1. The van der Waals surface area contributed by atoms with Crippen LogP contribution in [0.25, 0.3) is 0 Å². The minimum absolute atomic E-state index is 0.227. The zero-order valence-corrected chi connectivity index (χ0v) is 11.9. The predicted molar refractivity (Wildman–Crippen MR) is 75.7 cm³/mol. The van der Waals surface area contributed by atoms with Crippen molar-refractivity contribution in [1.82, 2.24) is 10.2 Å². The van der Waals surface area contributed by atoms with Crippen LogP contribution in [-0.2, 0) is 9.59 Å². The first-order chi connectivity index (χ1) is 9.93. The Balaban J connectivity index is 2.11. The molecular formula is C14H17N3O4. The highest BCUT2D eigenvalue weighted by molar-refractivity contribution is 6.05. The zero-order valence-electron chi connectivity index (χ0n) is 11.9. The number of nitrogen functional groups attached to an aromatic ring is 1. The van der Waals surface area contributed by atoms with Gasteiger partial charge in [0.2, 0.25) is 5.91 Å². The van der Waals surface area contributed by atoms with Gasteiger partial charge in [0.1, 0.15) is 11.8 Å². The lowest BCUT2D eigenvalue weighted by atomic mass is 10.0. The number of hydrogen-bond acceptors (Lipinski definition) is 5. The Labute approximate surface area is 122 Å². The first-order valence-electron chi connectivity index (χ1n) is 6.49. The number of benzene rings is 1. The largest absolute Gasteiger partial charge is 0.497 e. The molecule has 112 valence electrons. The van der Waals surface area contributed by atoms with Gasteiger partial charge in [-0.25, -0.2) is 0 Å². The van der Waals surface area contributed by atoms with Crippen LogP contribution >= 0.6 is 0 Å². The van der Waals surface area contributed by atoms with Gasteiger partial charge in [-0.05, 0) is 18.6 Å². The number of likely N-dealkylation sites (tertiary alicyclic amines) is 1. The van der Waals surface area contributed by atoms with Crippen molar-refractivity contribution < 1.29 is 19.1 Å². The summed E-state index contributed by atoms with van der Waals surface area (Å²) in [6.45, 7) is 0. The fraction of sp³-hybridized carbons (Fsp3) is 0.357. The summed E-state index contributed by atoms with van der Waals surface area (Å²) < 4.78 is 5.01. The number of imide groups is 1. The molecule has 21 heavy (non-hydrogen) atoms. The van der Waals surface area contributed by atoms with Crippen LogP contribution in [0.3, 0.4) is 0 Å². The van der Waals surface area contributed by atoms with Crippen molar-refractivity contribution in [3.63, 3.8) is 0 Å². The van der Waals surface area contributed by atoms with Crippen LogP contribution in [0.5, 0.6) is 5.75 Å². The second-order valence-electron chi connectivity index (χ2n) is 4.81. The maximum atomic E-state index is 12.2. The first kappa shape index (κ1) is 14.8. The average Bonchev–Trinajstić information content (AvgIpc) is 2.47. The van der Waals surface area contributed by atoms with Gasteiger partial charge in [0, 0.05) is 25.2 Å². The van der Waals surface area contributed by atoms with Crippen LogP contribution in [0.2, 0.25) is 0 Å². The summed E-state index contributed by atoms with van der Waals surface area (Å²) in [4.78, 5) is 36.5. The van der Waals surface area contributed by atoms with Crippen LogP contribution in [0, 0.1) is 0 Å². The molecule has 1 aliphatic rings. The Morgan fingerprint density at radius 1 is 1.43 bits per heavy atom. The predicted octanol–water partition coefficient (Wildman–Crippen LogP) is 0.155. The third-order valence-corrected chi connectivity index (χ3v) is 3.46. The molecule has 0 spiro atoms. The van der Waals surface area contributed by atoms with Crippen molar-refractivity contribution in [3.05, 3.63) is 23.8 Å². The van der Waals surface area contributed by atoms with Crippen molar-refractivity contribution in [1.29, 1.82) is 0 Å². The van der Waals surface area contributed by atoms with Gasteiger partial charge in [-0.15, -0.1) is 0 Å². The summed E-state index contributed by atoms with van der Waals surface area (Å²) in [5.41, 5.74) is 6.33. The maximum absolute atomic E-state index is 12.2. The average molecular weight is 291 g/mol. The molecule has 1 aromatic carbocycles. The molecule has 1 saturated heterocycles. The molecule has 2 rings (SSSR count). The standard InChI is InChI=1S/C14H17N3O4/c1-17-12(18)6-5-11(14(17)20)16-13(19)9-4-3-8(21-2)7-10(9)15/h3-4,7,11H,5-6,15H2,1-2H3,(H,16,19). The molecular weight excluding hydrogens is 274 g/mol. The monoisotopic (exact) mass is 291 g/mol. The van der Waals surface area contributed by atoms with Crippen LogP contribution in [0.15, 0.2) is 18.2 Å². The molecule has 1 atom stereocenters. The molecule has 0 bridgehead atoms.